The van der Waals surface area contributed by atoms with E-state index in [1.165, 1.54) is 5.56 Å². The van der Waals surface area contributed by atoms with E-state index in [4.69, 9.17) is 0 Å². The van der Waals surface area contributed by atoms with Crippen LogP contribution in [-0.4, -0.2) is 28.5 Å². The van der Waals surface area contributed by atoms with Crippen molar-refractivity contribution >= 4 is 27.5 Å². The first-order chi connectivity index (χ1) is 7.24. The fraction of sp³-hybridized carbons (Fsp3) is 0.364. The molecule has 1 saturated heterocycles. The minimum Gasteiger partial charge on any atom is -0.385 e. The van der Waals surface area contributed by atoms with Gasteiger partial charge in [-0.25, -0.2) is 4.99 Å². The van der Waals surface area contributed by atoms with Crippen LogP contribution >= 0.6 is 15.9 Å². The van der Waals surface area contributed by atoms with Crippen molar-refractivity contribution in [2.45, 2.75) is 19.1 Å². The van der Waals surface area contributed by atoms with Crippen LogP contribution < -0.4 is 0 Å². The molecule has 1 fully saturated rings. The molecule has 1 N–H and O–H groups in total. The number of hydrogen-bond donors (Lipinski definition) is 1. The Kier molecular flexibility index (Phi) is 2.07. The Labute approximate surface area is 96.6 Å². The van der Waals surface area contributed by atoms with Gasteiger partial charge in [0.1, 0.15) is 11.9 Å². The maximum Gasteiger partial charge on any atom is 0.134 e. The number of hydrogen-bond acceptors (Lipinski definition) is 3. The van der Waals surface area contributed by atoms with Crippen molar-refractivity contribution in [3.8, 4) is 0 Å². The van der Waals surface area contributed by atoms with Crippen LogP contribution in [0.1, 0.15) is 12.0 Å². The van der Waals surface area contributed by atoms with E-state index >= 15 is 0 Å². The third kappa shape index (κ3) is 1.48. The molecule has 0 spiro atoms. The summed E-state index contributed by atoms with van der Waals surface area (Å²) in [5, 5.41) is 9.72. The SMILES string of the molecule is O[C@H]1CCN2Cc3cc(Br)ccc3N=C12. The molecule has 0 unspecified atom stereocenters. The lowest BCUT2D eigenvalue weighted by Gasteiger charge is -2.25. The largest absolute Gasteiger partial charge is 0.385 e. The normalized spacial score (nSPS) is 23.5. The molecule has 0 bridgehead atoms. The van der Waals surface area contributed by atoms with Gasteiger partial charge in [-0.2, -0.15) is 0 Å². The van der Waals surface area contributed by atoms with Crippen molar-refractivity contribution in [3.05, 3.63) is 28.2 Å². The van der Waals surface area contributed by atoms with Crippen LogP contribution in [0, 0.1) is 0 Å². The van der Waals surface area contributed by atoms with Gasteiger partial charge >= 0.3 is 0 Å². The molecular formula is C11H11BrN2O. The van der Waals surface area contributed by atoms with Gasteiger partial charge in [0.2, 0.25) is 0 Å². The number of amidine groups is 1. The zero-order valence-electron chi connectivity index (χ0n) is 8.15. The highest BCUT2D eigenvalue weighted by Crippen LogP contribution is 2.32. The van der Waals surface area contributed by atoms with E-state index in [9.17, 15) is 5.11 Å². The van der Waals surface area contributed by atoms with Gasteiger partial charge in [-0.05, 0) is 30.2 Å². The van der Waals surface area contributed by atoms with Crippen LogP contribution in [0.4, 0.5) is 5.69 Å². The number of aliphatic hydroxyl groups is 1. The van der Waals surface area contributed by atoms with Crippen LogP contribution in [0.3, 0.4) is 0 Å². The second-order valence-corrected chi connectivity index (χ2v) is 4.88. The summed E-state index contributed by atoms with van der Waals surface area (Å²) >= 11 is 3.46. The van der Waals surface area contributed by atoms with Gasteiger partial charge in [0.05, 0.1) is 5.69 Å². The Morgan fingerprint density at radius 2 is 2.33 bits per heavy atom. The van der Waals surface area contributed by atoms with Crippen LogP contribution in [0.5, 0.6) is 0 Å². The summed E-state index contributed by atoms with van der Waals surface area (Å²) in [5.74, 6) is 0.838. The topological polar surface area (TPSA) is 35.8 Å². The highest BCUT2D eigenvalue weighted by Gasteiger charge is 2.30. The molecule has 15 heavy (non-hydrogen) atoms. The Morgan fingerprint density at radius 3 is 3.20 bits per heavy atom. The van der Waals surface area contributed by atoms with E-state index in [2.05, 4.69) is 31.9 Å². The zero-order chi connectivity index (χ0) is 10.4. The third-order valence-corrected chi connectivity index (χ3v) is 3.43. The average molecular weight is 267 g/mol. The Morgan fingerprint density at radius 1 is 1.47 bits per heavy atom. The van der Waals surface area contributed by atoms with E-state index in [-0.39, 0.29) is 6.10 Å². The number of benzene rings is 1. The number of halogens is 1. The standard InChI is InChI=1S/C11H11BrN2O/c12-8-1-2-9-7(5-8)6-14-4-3-10(15)11(14)13-9/h1-2,5,10,15H,3-4,6H2/t10-/m0/s1. The second-order valence-electron chi connectivity index (χ2n) is 3.97. The van der Waals surface area contributed by atoms with Crippen molar-refractivity contribution in [2.24, 2.45) is 4.99 Å². The molecule has 3 nitrogen and oxygen atoms in total. The Balaban J connectivity index is 2.08. The fourth-order valence-corrected chi connectivity index (χ4v) is 2.57. The molecule has 2 heterocycles. The molecule has 78 valence electrons. The summed E-state index contributed by atoms with van der Waals surface area (Å²) in [6, 6.07) is 6.08. The predicted octanol–water partition coefficient (Wildman–Crippen LogP) is 2.06. The van der Waals surface area contributed by atoms with Crippen LogP contribution in [0.2, 0.25) is 0 Å². The van der Waals surface area contributed by atoms with Gasteiger partial charge < -0.3 is 10.0 Å². The molecule has 1 aromatic rings. The molecule has 0 saturated carbocycles. The van der Waals surface area contributed by atoms with Gasteiger partial charge in [0.25, 0.3) is 0 Å². The molecule has 0 amide bonds. The quantitative estimate of drug-likeness (QED) is 0.781. The number of fused-ring (bicyclic) bond motifs is 2. The maximum atomic E-state index is 9.72. The number of rotatable bonds is 0. The van der Waals surface area contributed by atoms with Gasteiger partial charge in [-0.15, -0.1) is 0 Å². The average Bonchev–Trinajstić information content (AvgIpc) is 2.57. The van der Waals surface area contributed by atoms with Gasteiger partial charge in [0, 0.05) is 17.6 Å². The molecule has 0 aliphatic carbocycles. The summed E-state index contributed by atoms with van der Waals surface area (Å²) in [4.78, 5) is 6.65. The summed E-state index contributed by atoms with van der Waals surface area (Å²) in [7, 11) is 0. The molecule has 2 aliphatic rings. The Hall–Kier alpha value is -0.870. The lowest BCUT2D eigenvalue weighted by Crippen LogP contribution is -2.31. The van der Waals surface area contributed by atoms with E-state index in [1.54, 1.807) is 0 Å². The summed E-state index contributed by atoms with van der Waals surface area (Å²) in [6.45, 7) is 1.77. The van der Waals surface area contributed by atoms with E-state index < -0.39 is 0 Å². The second kappa shape index (κ2) is 3.32. The monoisotopic (exact) mass is 266 g/mol. The lowest BCUT2D eigenvalue weighted by atomic mass is 10.1. The van der Waals surface area contributed by atoms with Gasteiger partial charge in [0.15, 0.2) is 0 Å². The predicted molar refractivity (Wildman–Crippen MR) is 62.3 cm³/mol. The summed E-state index contributed by atoms with van der Waals surface area (Å²) in [6.07, 6.45) is 0.426. The van der Waals surface area contributed by atoms with Crippen molar-refractivity contribution in [1.29, 1.82) is 0 Å². The molecule has 1 atom stereocenters. The van der Waals surface area contributed by atoms with Gasteiger partial charge in [-0.3, -0.25) is 0 Å². The molecule has 1 aromatic carbocycles. The van der Waals surface area contributed by atoms with E-state index in [0.29, 0.717) is 0 Å². The van der Waals surface area contributed by atoms with E-state index in [1.807, 2.05) is 12.1 Å². The molecule has 4 heteroatoms. The van der Waals surface area contributed by atoms with Crippen LogP contribution in [0.15, 0.2) is 27.7 Å². The van der Waals surface area contributed by atoms with Crippen molar-refractivity contribution in [3.63, 3.8) is 0 Å². The highest BCUT2D eigenvalue weighted by atomic mass is 79.9. The minimum absolute atomic E-state index is 0.373. The lowest BCUT2D eigenvalue weighted by molar-refractivity contribution is 0.245. The summed E-state index contributed by atoms with van der Waals surface area (Å²) in [5.41, 5.74) is 2.22. The highest BCUT2D eigenvalue weighted by molar-refractivity contribution is 9.10. The zero-order valence-corrected chi connectivity index (χ0v) is 9.74. The number of nitrogens with zero attached hydrogens (tertiary/aromatic N) is 2. The molecule has 2 aliphatic heterocycles. The van der Waals surface area contributed by atoms with Crippen molar-refractivity contribution in [2.75, 3.05) is 6.54 Å². The molecular weight excluding hydrogens is 256 g/mol. The smallest absolute Gasteiger partial charge is 0.134 e. The first kappa shape index (κ1) is 9.36. The Bertz CT molecular complexity index is 444. The minimum atomic E-state index is -0.373. The first-order valence-electron chi connectivity index (χ1n) is 5.04. The summed E-state index contributed by atoms with van der Waals surface area (Å²) < 4.78 is 1.08. The molecule has 0 radical (unpaired) electrons. The van der Waals surface area contributed by atoms with Crippen molar-refractivity contribution in [1.82, 2.24) is 4.90 Å². The van der Waals surface area contributed by atoms with Crippen LogP contribution in [-0.2, 0) is 6.54 Å². The number of aliphatic hydroxyl groups excluding tert-OH is 1. The molecule has 0 aromatic heterocycles. The fourth-order valence-electron chi connectivity index (χ4n) is 2.16. The first-order valence-corrected chi connectivity index (χ1v) is 5.83. The number of aliphatic imine (C=N–C) groups is 1. The van der Waals surface area contributed by atoms with Crippen molar-refractivity contribution < 1.29 is 5.11 Å². The van der Waals surface area contributed by atoms with E-state index in [0.717, 1.165) is 35.5 Å². The maximum absolute atomic E-state index is 9.72. The third-order valence-electron chi connectivity index (χ3n) is 2.93. The van der Waals surface area contributed by atoms with Gasteiger partial charge in [-0.1, -0.05) is 15.9 Å². The molecule has 3 rings (SSSR count). The van der Waals surface area contributed by atoms with Crippen LogP contribution in [0.25, 0.3) is 0 Å².